The number of hydrogen-bond acceptors (Lipinski definition) is 1. The Morgan fingerprint density at radius 2 is 2.07 bits per heavy atom. The van der Waals surface area contributed by atoms with Crippen LogP contribution in [0.15, 0.2) is 42.7 Å². The van der Waals surface area contributed by atoms with E-state index in [0.717, 1.165) is 14.7 Å². The molecule has 0 bridgehead atoms. The van der Waals surface area contributed by atoms with Gasteiger partial charge in [0.15, 0.2) is 0 Å². The highest BCUT2D eigenvalue weighted by atomic mass is 127. The van der Waals surface area contributed by atoms with Crippen LogP contribution in [0.1, 0.15) is 0 Å². The van der Waals surface area contributed by atoms with E-state index in [-0.39, 0.29) is 5.82 Å². The molecule has 0 aliphatic heterocycles. The van der Waals surface area contributed by atoms with Crippen LogP contribution in [0.5, 0.6) is 0 Å². The van der Waals surface area contributed by atoms with E-state index in [1.807, 2.05) is 12.1 Å². The molecule has 0 aliphatic carbocycles. The van der Waals surface area contributed by atoms with Crippen LogP contribution in [0, 0.1) is 9.39 Å². The molecule has 1 aromatic carbocycles. The average Bonchev–Trinajstić information content (AvgIpc) is 2.18. The Morgan fingerprint density at radius 1 is 1.21 bits per heavy atom. The van der Waals surface area contributed by atoms with Crippen molar-refractivity contribution in [3.05, 3.63) is 52.1 Å². The van der Waals surface area contributed by atoms with Crippen LogP contribution in [0.2, 0.25) is 0 Å². The van der Waals surface area contributed by atoms with Crippen LogP contribution in [0.4, 0.5) is 4.39 Å². The number of aromatic nitrogens is 1. The van der Waals surface area contributed by atoms with E-state index in [4.69, 9.17) is 0 Å². The summed E-state index contributed by atoms with van der Waals surface area (Å²) >= 11 is 2.21. The van der Waals surface area contributed by atoms with E-state index in [2.05, 4.69) is 27.6 Å². The largest absolute Gasteiger partial charge is 0.264 e. The Balaban J connectivity index is 2.55. The standard InChI is InChI=1S/C11H7FIN/c12-9-3-1-2-8(6-9)10-7-14-5-4-11(10)13/h1-7H. The molecule has 0 N–H and O–H groups in total. The van der Waals surface area contributed by atoms with E-state index in [0.29, 0.717) is 0 Å². The minimum absolute atomic E-state index is 0.220. The number of hydrogen-bond donors (Lipinski definition) is 0. The lowest BCUT2D eigenvalue weighted by Gasteiger charge is -2.03. The number of halogens is 2. The summed E-state index contributed by atoms with van der Waals surface area (Å²) < 4.78 is 14.0. The highest BCUT2D eigenvalue weighted by Gasteiger charge is 2.02. The molecule has 1 aromatic heterocycles. The maximum absolute atomic E-state index is 13.0. The molecular weight excluding hydrogens is 292 g/mol. The molecule has 2 rings (SSSR count). The van der Waals surface area contributed by atoms with Crippen LogP contribution >= 0.6 is 22.6 Å². The summed E-state index contributed by atoms with van der Waals surface area (Å²) in [5.74, 6) is -0.220. The molecule has 1 heterocycles. The Labute approximate surface area is 95.1 Å². The second kappa shape index (κ2) is 4.04. The number of benzene rings is 1. The zero-order chi connectivity index (χ0) is 9.97. The number of rotatable bonds is 1. The van der Waals surface area contributed by atoms with E-state index in [1.54, 1.807) is 18.5 Å². The van der Waals surface area contributed by atoms with Crippen molar-refractivity contribution < 1.29 is 4.39 Å². The van der Waals surface area contributed by atoms with Gasteiger partial charge in [-0.3, -0.25) is 4.98 Å². The van der Waals surface area contributed by atoms with Crippen molar-refractivity contribution in [2.24, 2.45) is 0 Å². The predicted molar refractivity (Wildman–Crippen MR) is 62.3 cm³/mol. The van der Waals surface area contributed by atoms with Gasteiger partial charge in [0.2, 0.25) is 0 Å². The van der Waals surface area contributed by atoms with Crippen molar-refractivity contribution >= 4 is 22.6 Å². The zero-order valence-corrected chi connectivity index (χ0v) is 9.40. The summed E-state index contributed by atoms with van der Waals surface area (Å²) in [6, 6.07) is 8.43. The van der Waals surface area contributed by atoms with Gasteiger partial charge in [-0.15, -0.1) is 0 Å². The third kappa shape index (κ3) is 1.92. The highest BCUT2D eigenvalue weighted by molar-refractivity contribution is 14.1. The Kier molecular flexibility index (Phi) is 2.77. The summed E-state index contributed by atoms with van der Waals surface area (Å²) in [5, 5.41) is 0. The van der Waals surface area contributed by atoms with Gasteiger partial charge in [0.1, 0.15) is 5.82 Å². The van der Waals surface area contributed by atoms with Gasteiger partial charge in [-0.1, -0.05) is 12.1 Å². The molecule has 0 spiro atoms. The summed E-state index contributed by atoms with van der Waals surface area (Å²) in [5.41, 5.74) is 1.83. The monoisotopic (exact) mass is 299 g/mol. The van der Waals surface area contributed by atoms with Crippen molar-refractivity contribution in [3.63, 3.8) is 0 Å². The molecule has 0 atom stereocenters. The molecule has 0 aliphatic rings. The first kappa shape index (κ1) is 9.58. The normalized spacial score (nSPS) is 10.1. The van der Waals surface area contributed by atoms with Crippen molar-refractivity contribution in [2.45, 2.75) is 0 Å². The Hall–Kier alpha value is -0.970. The minimum Gasteiger partial charge on any atom is -0.264 e. The second-order valence-electron chi connectivity index (χ2n) is 2.87. The molecule has 1 nitrogen and oxygen atoms in total. The Bertz CT molecular complexity index is 457. The lowest BCUT2D eigenvalue weighted by molar-refractivity contribution is 0.628. The molecule has 70 valence electrons. The second-order valence-corrected chi connectivity index (χ2v) is 4.03. The van der Waals surface area contributed by atoms with Crippen molar-refractivity contribution in [1.29, 1.82) is 0 Å². The molecule has 0 saturated heterocycles. The van der Waals surface area contributed by atoms with E-state index < -0.39 is 0 Å². The van der Waals surface area contributed by atoms with Crippen LogP contribution in [-0.4, -0.2) is 4.98 Å². The smallest absolute Gasteiger partial charge is 0.123 e. The molecule has 0 amide bonds. The summed E-state index contributed by atoms with van der Waals surface area (Å²) in [7, 11) is 0. The maximum atomic E-state index is 13.0. The summed E-state index contributed by atoms with van der Waals surface area (Å²) in [6.45, 7) is 0. The molecule has 0 unspecified atom stereocenters. The van der Waals surface area contributed by atoms with Gasteiger partial charge in [-0.2, -0.15) is 0 Å². The number of pyridine rings is 1. The highest BCUT2D eigenvalue weighted by Crippen LogP contribution is 2.24. The number of nitrogens with zero attached hydrogens (tertiary/aromatic N) is 1. The first-order chi connectivity index (χ1) is 6.77. The first-order valence-corrected chi connectivity index (χ1v) is 5.21. The SMILES string of the molecule is Fc1cccc(-c2cnccc2I)c1. The van der Waals surface area contributed by atoms with E-state index in [9.17, 15) is 4.39 Å². The molecule has 0 radical (unpaired) electrons. The van der Waals surface area contributed by atoms with E-state index >= 15 is 0 Å². The Morgan fingerprint density at radius 3 is 2.79 bits per heavy atom. The molecular formula is C11H7FIN. The van der Waals surface area contributed by atoms with E-state index in [1.165, 1.54) is 12.1 Å². The molecule has 14 heavy (non-hydrogen) atoms. The van der Waals surface area contributed by atoms with Crippen LogP contribution in [0.25, 0.3) is 11.1 Å². The predicted octanol–water partition coefficient (Wildman–Crippen LogP) is 3.49. The minimum atomic E-state index is -0.220. The average molecular weight is 299 g/mol. The zero-order valence-electron chi connectivity index (χ0n) is 7.24. The van der Waals surface area contributed by atoms with Gasteiger partial charge in [-0.05, 0) is 46.4 Å². The fraction of sp³-hybridized carbons (Fsp3) is 0. The molecule has 0 saturated carbocycles. The molecule has 2 aromatic rings. The maximum Gasteiger partial charge on any atom is 0.123 e. The summed E-state index contributed by atoms with van der Waals surface area (Å²) in [4.78, 5) is 4.02. The van der Waals surface area contributed by atoms with Crippen molar-refractivity contribution in [1.82, 2.24) is 4.98 Å². The van der Waals surface area contributed by atoms with Crippen LogP contribution in [0.3, 0.4) is 0 Å². The quantitative estimate of drug-likeness (QED) is 0.735. The topological polar surface area (TPSA) is 12.9 Å². The fourth-order valence-electron chi connectivity index (χ4n) is 1.25. The van der Waals surface area contributed by atoms with Gasteiger partial charge in [0.05, 0.1) is 0 Å². The third-order valence-electron chi connectivity index (χ3n) is 1.90. The lowest BCUT2D eigenvalue weighted by Crippen LogP contribution is -1.85. The van der Waals surface area contributed by atoms with Crippen molar-refractivity contribution in [3.8, 4) is 11.1 Å². The lowest BCUT2D eigenvalue weighted by atomic mass is 10.1. The first-order valence-electron chi connectivity index (χ1n) is 4.13. The van der Waals surface area contributed by atoms with Gasteiger partial charge < -0.3 is 0 Å². The molecule has 0 fully saturated rings. The van der Waals surface area contributed by atoms with Crippen LogP contribution < -0.4 is 0 Å². The van der Waals surface area contributed by atoms with Gasteiger partial charge in [0.25, 0.3) is 0 Å². The summed E-state index contributed by atoms with van der Waals surface area (Å²) in [6.07, 6.45) is 3.47. The fourth-order valence-corrected chi connectivity index (χ4v) is 1.86. The van der Waals surface area contributed by atoms with Gasteiger partial charge in [0, 0.05) is 21.5 Å². The van der Waals surface area contributed by atoms with Gasteiger partial charge in [-0.25, -0.2) is 4.39 Å². The third-order valence-corrected chi connectivity index (χ3v) is 2.84. The van der Waals surface area contributed by atoms with Crippen molar-refractivity contribution in [2.75, 3.05) is 0 Å². The van der Waals surface area contributed by atoms with Crippen LogP contribution in [-0.2, 0) is 0 Å². The van der Waals surface area contributed by atoms with Gasteiger partial charge >= 0.3 is 0 Å². The molecule has 3 heteroatoms.